The van der Waals surface area contributed by atoms with Crippen LogP contribution in [0.4, 0.5) is 0 Å². The summed E-state index contributed by atoms with van der Waals surface area (Å²) in [6.07, 6.45) is 2.46. The van der Waals surface area contributed by atoms with Gasteiger partial charge in [-0.25, -0.2) is 0 Å². The van der Waals surface area contributed by atoms with Crippen LogP contribution in [-0.2, 0) is 0 Å². The summed E-state index contributed by atoms with van der Waals surface area (Å²) in [5.41, 5.74) is 5.23. The van der Waals surface area contributed by atoms with Crippen molar-refractivity contribution in [2.75, 3.05) is 6.54 Å². The zero-order chi connectivity index (χ0) is 9.28. The first-order valence-electron chi connectivity index (χ1n) is 4.74. The van der Waals surface area contributed by atoms with Crippen LogP contribution in [0.3, 0.4) is 0 Å². The lowest BCUT2D eigenvalue weighted by Crippen LogP contribution is -2.01. The first kappa shape index (κ1) is 13.5. The summed E-state index contributed by atoms with van der Waals surface area (Å²) in [5.74, 6) is 1.66. The average molecular weight is 159 g/mol. The van der Waals surface area contributed by atoms with Crippen molar-refractivity contribution < 1.29 is 0 Å². The molecule has 0 atom stereocenters. The molecule has 0 radical (unpaired) electrons. The Morgan fingerprint density at radius 1 is 1.00 bits per heavy atom. The van der Waals surface area contributed by atoms with Gasteiger partial charge in [-0.1, -0.05) is 41.0 Å². The summed E-state index contributed by atoms with van der Waals surface area (Å²) in [5, 5.41) is 0. The zero-order valence-corrected chi connectivity index (χ0v) is 8.85. The van der Waals surface area contributed by atoms with E-state index in [4.69, 9.17) is 5.73 Å². The third-order valence-corrected chi connectivity index (χ3v) is 1.56. The molecule has 0 aromatic rings. The first-order chi connectivity index (χ1) is 5.04. The van der Waals surface area contributed by atoms with Crippen molar-refractivity contribution in [3.8, 4) is 0 Å². The Labute approximate surface area is 72.4 Å². The van der Waals surface area contributed by atoms with Gasteiger partial charge in [-0.3, -0.25) is 0 Å². The lowest BCUT2D eigenvalue weighted by Gasteiger charge is -1.96. The van der Waals surface area contributed by atoms with Crippen LogP contribution in [0.5, 0.6) is 0 Å². The predicted molar refractivity (Wildman–Crippen MR) is 53.6 cm³/mol. The number of nitrogens with two attached hydrogens (primary N) is 1. The van der Waals surface area contributed by atoms with Crippen molar-refractivity contribution in [1.29, 1.82) is 0 Å². The van der Waals surface area contributed by atoms with Crippen LogP contribution in [0, 0.1) is 11.8 Å². The highest BCUT2D eigenvalue weighted by molar-refractivity contribution is 4.42. The van der Waals surface area contributed by atoms with Crippen LogP contribution >= 0.6 is 0 Å². The smallest absolute Gasteiger partial charge is 0.00748 e. The van der Waals surface area contributed by atoms with E-state index >= 15 is 0 Å². The van der Waals surface area contributed by atoms with Crippen LogP contribution in [0.15, 0.2) is 0 Å². The van der Waals surface area contributed by atoms with E-state index in [1.165, 1.54) is 6.42 Å². The molecule has 0 fully saturated rings. The normalized spacial score (nSPS) is 9.82. The lowest BCUT2D eigenvalue weighted by atomic mass is 10.1. The summed E-state index contributed by atoms with van der Waals surface area (Å²) in [6, 6.07) is 0. The monoisotopic (exact) mass is 159 g/mol. The van der Waals surface area contributed by atoms with E-state index in [-0.39, 0.29) is 0 Å². The molecule has 0 aromatic heterocycles. The highest BCUT2D eigenvalue weighted by Crippen LogP contribution is 1.94. The van der Waals surface area contributed by atoms with Gasteiger partial charge in [0.05, 0.1) is 0 Å². The standard InChI is InChI=1S/C5H13N.C5H12/c1-5(2)3-4-6;1-4-5(2)3/h5H,3-4,6H2,1-2H3;5H,4H2,1-3H3. The molecule has 0 aliphatic rings. The van der Waals surface area contributed by atoms with Gasteiger partial charge in [0, 0.05) is 0 Å². The van der Waals surface area contributed by atoms with Crippen molar-refractivity contribution in [1.82, 2.24) is 0 Å². The molecule has 0 aliphatic heterocycles. The van der Waals surface area contributed by atoms with E-state index in [1.54, 1.807) is 0 Å². The van der Waals surface area contributed by atoms with Crippen LogP contribution < -0.4 is 5.73 Å². The Balaban J connectivity index is 0. The molecule has 1 nitrogen and oxygen atoms in total. The minimum Gasteiger partial charge on any atom is -0.330 e. The number of hydrogen-bond donors (Lipinski definition) is 1. The third-order valence-electron chi connectivity index (χ3n) is 1.56. The van der Waals surface area contributed by atoms with Crippen LogP contribution in [0.2, 0.25) is 0 Å². The molecule has 0 heterocycles. The Morgan fingerprint density at radius 3 is 1.36 bits per heavy atom. The zero-order valence-electron chi connectivity index (χ0n) is 8.85. The maximum Gasteiger partial charge on any atom is -0.00748 e. The molecule has 0 bridgehead atoms. The maximum atomic E-state index is 5.23. The Hall–Kier alpha value is -0.0400. The quantitative estimate of drug-likeness (QED) is 0.673. The van der Waals surface area contributed by atoms with Gasteiger partial charge in [0.2, 0.25) is 0 Å². The fourth-order valence-electron chi connectivity index (χ4n) is 0.333. The highest BCUT2D eigenvalue weighted by Gasteiger charge is 1.85. The van der Waals surface area contributed by atoms with Crippen molar-refractivity contribution in [3.63, 3.8) is 0 Å². The third kappa shape index (κ3) is 25.7. The summed E-state index contributed by atoms with van der Waals surface area (Å²) < 4.78 is 0. The van der Waals surface area contributed by atoms with Crippen molar-refractivity contribution in [2.24, 2.45) is 17.6 Å². The van der Waals surface area contributed by atoms with Crippen molar-refractivity contribution >= 4 is 0 Å². The molecule has 2 N–H and O–H groups in total. The fourth-order valence-corrected chi connectivity index (χ4v) is 0.333. The minimum absolute atomic E-state index is 0.773. The number of rotatable bonds is 3. The summed E-state index contributed by atoms with van der Waals surface area (Å²) in [4.78, 5) is 0. The lowest BCUT2D eigenvalue weighted by molar-refractivity contribution is 0.596. The number of hydrogen-bond acceptors (Lipinski definition) is 1. The highest BCUT2D eigenvalue weighted by atomic mass is 14.5. The van der Waals surface area contributed by atoms with Gasteiger partial charge in [-0.2, -0.15) is 0 Å². The van der Waals surface area contributed by atoms with Crippen molar-refractivity contribution in [2.45, 2.75) is 47.5 Å². The first-order valence-corrected chi connectivity index (χ1v) is 4.74. The minimum atomic E-state index is 0.773. The predicted octanol–water partition coefficient (Wildman–Crippen LogP) is 3.04. The molecule has 0 aliphatic carbocycles. The van der Waals surface area contributed by atoms with Gasteiger partial charge in [0.1, 0.15) is 0 Å². The molecular formula is C10H25N. The fraction of sp³-hybridized carbons (Fsp3) is 1.00. The van der Waals surface area contributed by atoms with Gasteiger partial charge in [0.25, 0.3) is 0 Å². The Kier molecular flexibility index (Phi) is 12.3. The SMILES string of the molecule is CC(C)CCN.CCC(C)C. The van der Waals surface area contributed by atoms with E-state index in [1.807, 2.05) is 0 Å². The van der Waals surface area contributed by atoms with E-state index in [0.717, 1.165) is 24.8 Å². The van der Waals surface area contributed by atoms with Gasteiger partial charge in [-0.15, -0.1) is 0 Å². The van der Waals surface area contributed by atoms with E-state index < -0.39 is 0 Å². The molecule has 0 unspecified atom stereocenters. The molecule has 0 amide bonds. The summed E-state index contributed by atoms with van der Waals surface area (Å²) >= 11 is 0. The summed E-state index contributed by atoms with van der Waals surface area (Å²) in [7, 11) is 0. The van der Waals surface area contributed by atoms with Crippen molar-refractivity contribution in [3.05, 3.63) is 0 Å². The molecule has 0 aromatic carbocycles. The van der Waals surface area contributed by atoms with Gasteiger partial charge < -0.3 is 5.73 Å². The topological polar surface area (TPSA) is 26.0 Å². The molecule has 0 saturated heterocycles. The van der Waals surface area contributed by atoms with E-state index in [2.05, 4.69) is 34.6 Å². The van der Waals surface area contributed by atoms with Gasteiger partial charge in [0.15, 0.2) is 0 Å². The van der Waals surface area contributed by atoms with Crippen LogP contribution in [0.1, 0.15) is 47.5 Å². The maximum absolute atomic E-state index is 5.23. The van der Waals surface area contributed by atoms with E-state index in [9.17, 15) is 0 Å². The second kappa shape index (κ2) is 9.96. The largest absolute Gasteiger partial charge is 0.330 e. The molecular weight excluding hydrogens is 134 g/mol. The Morgan fingerprint density at radius 2 is 1.36 bits per heavy atom. The summed E-state index contributed by atoms with van der Waals surface area (Å²) in [6.45, 7) is 11.8. The van der Waals surface area contributed by atoms with Crippen LogP contribution in [-0.4, -0.2) is 6.54 Å². The Bertz CT molecular complexity index is 57.9. The second-order valence-electron chi connectivity index (χ2n) is 3.77. The van der Waals surface area contributed by atoms with E-state index in [0.29, 0.717) is 0 Å². The second-order valence-corrected chi connectivity index (χ2v) is 3.77. The molecule has 0 saturated carbocycles. The van der Waals surface area contributed by atoms with Gasteiger partial charge in [-0.05, 0) is 24.8 Å². The molecule has 0 spiro atoms. The average Bonchev–Trinajstić information content (AvgIpc) is 1.89. The molecule has 1 heteroatoms. The van der Waals surface area contributed by atoms with Gasteiger partial charge >= 0.3 is 0 Å². The molecule has 70 valence electrons. The van der Waals surface area contributed by atoms with Crippen LogP contribution in [0.25, 0.3) is 0 Å². The molecule has 0 rings (SSSR count). The molecule has 11 heavy (non-hydrogen) atoms.